The Morgan fingerprint density at radius 1 is 1.10 bits per heavy atom. The number of H-pyrrole nitrogens is 1. The van der Waals surface area contributed by atoms with E-state index in [0.717, 1.165) is 22.4 Å². The molecule has 0 saturated carbocycles. The number of amides is 2. The highest BCUT2D eigenvalue weighted by Crippen LogP contribution is 2.32. The summed E-state index contributed by atoms with van der Waals surface area (Å²) in [6.45, 7) is 12.0. The first-order valence-corrected chi connectivity index (χ1v) is 16.5. The predicted octanol–water partition coefficient (Wildman–Crippen LogP) is -0.589. The molecule has 3 heterocycles. The Balaban J connectivity index is 1.33. The maximum atomic E-state index is 13.1. The molecule has 2 aliphatic rings. The van der Waals surface area contributed by atoms with Crippen molar-refractivity contribution >= 4 is 11.8 Å². The Morgan fingerprint density at radius 3 is 2.44 bits per heavy atom. The zero-order chi connectivity index (χ0) is 35.2. The van der Waals surface area contributed by atoms with Gasteiger partial charge in [0.1, 0.15) is 35.7 Å². The number of piperazine rings is 1. The molecule has 5 atom stereocenters. The van der Waals surface area contributed by atoms with E-state index in [1.54, 1.807) is 24.8 Å². The molecule has 268 valence electrons. The fourth-order valence-corrected chi connectivity index (χ4v) is 5.97. The average molecular weight is 678 g/mol. The van der Waals surface area contributed by atoms with Crippen LogP contribution in [0.4, 0.5) is 0 Å². The van der Waals surface area contributed by atoms with E-state index in [1.165, 1.54) is 0 Å². The van der Waals surface area contributed by atoms with Crippen LogP contribution in [0.25, 0.3) is 0 Å². The van der Waals surface area contributed by atoms with Crippen molar-refractivity contribution in [2.24, 2.45) is 0 Å². The summed E-state index contributed by atoms with van der Waals surface area (Å²) in [5.74, 6) is 0.352. The number of ether oxygens (including phenoxy) is 3. The predicted molar refractivity (Wildman–Crippen MR) is 173 cm³/mol. The fraction of sp³-hybridized carbons (Fsp3) is 0.667. The molecule has 0 aliphatic carbocycles. The standard InChI is InChI=1S/C33H51N5O10/c1-19(2)26-23(30(36-35-26)48-31-29(44)28(43)27(42)24(18-40)47-31)17-21-6-7-22(16-20(21)3)46-15-8-25(41)34-33(4,5)32(45)38-11-9-37(10-12-38)13-14-39/h6-7,16,19,24,27-29,31,39-40,42-44H,8-15,17-18H2,1-5H3,(H,34,41)(H,35,36)/t24-,27-,28+,29-,31+/m1/s1. The van der Waals surface area contributed by atoms with Crippen LogP contribution >= 0.6 is 0 Å². The summed E-state index contributed by atoms with van der Waals surface area (Å²) in [5, 5.41) is 59.6. The molecule has 15 nitrogen and oxygen atoms in total. The largest absolute Gasteiger partial charge is 0.493 e. The third kappa shape index (κ3) is 9.02. The van der Waals surface area contributed by atoms with E-state index in [0.29, 0.717) is 44.9 Å². The number of hydrogen-bond acceptors (Lipinski definition) is 12. The van der Waals surface area contributed by atoms with Crippen molar-refractivity contribution in [2.45, 2.75) is 89.6 Å². The zero-order valence-corrected chi connectivity index (χ0v) is 28.4. The van der Waals surface area contributed by atoms with E-state index in [2.05, 4.69) is 20.4 Å². The zero-order valence-electron chi connectivity index (χ0n) is 28.4. The van der Waals surface area contributed by atoms with Crippen molar-refractivity contribution in [3.63, 3.8) is 0 Å². The van der Waals surface area contributed by atoms with Gasteiger partial charge in [0.2, 0.25) is 24.0 Å². The van der Waals surface area contributed by atoms with Gasteiger partial charge in [-0.25, -0.2) is 0 Å². The number of aliphatic hydroxyl groups excluding tert-OH is 5. The van der Waals surface area contributed by atoms with Crippen LogP contribution in [0.1, 0.15) is 62.4 Å². The van der Waals surface area contributed by atoms with E-state index < -0.39 is 42.9 Å². The number of nitrogens with zero attached hydrogens (tertiary/aromatic N) is 3. The van der Waals surface area contributed by atoms with Gasteiger partial charge in [0.15, 0.2) is 0 Å². The number of aromatic nitrogens is 2. The highest BCUT2D eigenvalue weighted by atomic mass is 16.7. The lowest BCUT2D eigenvalue weighted by Crippen LogP contribution is -2.60. The minimum absolute atomic E-state index is 0.0519. The van der Waals surface area contributed by atoms with Gasteiger partial charge in [0.25, 0.3) is 0 Å². The number of benzene rings is 1. The van der Waals surface area contributed by atoms with Crippen LogP contribution in [0, 0.1) is 6.92 Å². The van der Waals surface area contributed by atoms with Crippen molar-refractivity contribution in [1.82, 2.24) is 25.3 Å². The molecule has 2 amide bonds. The lowest BCUT2D eigenvalue weighted by Gasteiger charge is -2.39. The minimum atomic E-state index is -1.58. The van der Waals surface area contributed by atoms with Gasteiger partial charge in [0, 0.05) is 50.4 Å². The van der Waals surface area contributed by atoms with Crippen LogP contribution in [0.3, 0.4) is 0 Å². The summed E-state index contributed by atoms with van der Waals surface area (Å²) >= 11 is 0. The number of carbonyl (C=O) groups excluding carboxylic acids is 2. The van der Waals surface area contributed by atoms with E-state index in [4.69, 9.17) is 19.3 Å². The quantitative estimate of drug-likeness (QED) is 0.134. The van der Waals surface area contributed by atoms with Gasteiger partial charge in [-0.2, -0.15) is 0 Å². The topological polar surface area (TPSA) is 210 Å². The molecule has 1 aromatic heterocycles. The summed E-state index contributed by atoms with van der Waals surface area (Å²) < 4.78 is 17.3. The Labute approximate surface area is 280 Å². The number of rotatable bonds is 14. The number of aromatic amines is 1. The first-order valence-electron chi connectivity index (χ1n) is 16.5. The lowest BCUT2D eigenvalue weighted by molar-refractivity contribution is -0.278. The number of carbonyl (C=O) groups is 2. The number of aliphatic hydroxyl groups is 5. The maximum absolute atomic E-state index is 13.1. The average Bonchev–Trinajstić information content (AvgIpc) is 3.44. The maximum Gasteiger partial charge on any atom is 0.247 e. The van der Waals surface area contributed by atoms with Gasteiger partial charge in [-0.1, -0.05) is 19.9 Å². The van der Waals surface area contributed by atoms with Crippen LogP contribution in [0.15, 0.2) is 18.2 Å². The minimum Gasteiger partial charge on any atom is -0.493 e. The number of nitrogens with one attached hydrogen (secondary N) is 2. The lowest BCUT2D eigenvalue weighted by atomic mass is 9.96. The highest BCUT2D eigenvalue weighted by molar-refractivity contribution is 5.90. The molecular weight excluding hydrogens is 626 g/mol. The normalized spacial score (nSPS) is 23.7. The number of aryl methyl sites for hydroxylation is 1. The van der Waals surface area contributed by atoms with Crippen molar-refractivity contribution in [1.29, 1.82) is 0 Å². The summed E-state index contributed by atoms with van der Waals surface area (Å²) in [6, 6.07) is 5.57. The van der Waals surface area contributed by atoms with Crippen LogP contribution < -0.4 is 14.8 Å². The molecule has 4 rings (SSSR count). The van der Waals surface area contributed by atoms with Crippen LogP contribution in [0.5, 0.6) is 11.6 Å². The van der Waals surface area contributed by atoms with Crippen molar-refractivity contribution < 1.29 is 49.3 Å². The first kappa shape index (κ1) is 37.5. The smallest absolute Gasteiger partial charge is 0.247 e. The Morgan fingerprint density at radius 2 is 1.81 bits per heavy atom. The van der Waals surface area contributed by atoms with Crippen molar-refractivity contribution in [2.75, 3.05) is 52.5 Å². The molecule has 2 aromatic rings. The third-order valence-electron chi connectivity index (χ3n) is 8.86. The van der Waals surface area contributed by atoms with Crippen LogP contribution in [-0.4, -0.2) is 146 Å². The van der Waals surface area contributed by atoms with E-state index in [-0.39, 0.29) is 43.2 Å². The van der Waals surface area contributed by atoms with Gasteiger partial charge >= 0.3 is 0 Å². The second kappa shape index (κ2) is 16.4. The second-order valence-corrected chi connectivity index (χ2v) is 13.3. The molecule has 0 radical (unpaired) electrons. The van der Waals surface area contributed by atoms with Gasteiger partial charge < -0.3 is 50.0 Å². The Bertz CT molecular complexity index is 1370. The summed E-state index contributed by atoms with van der Waals surface area (Å²) in [4.78, 5) is 29.7. The second-order valence-electron chi connectivity index (χ2n) is 13.3. The van der Waals surface area contributed by atoms with E-state index in [1.807, 2.05) is 32.9 Å². The molecule has 2 saturated heterocycles. The molecule has 15 heteroatoms. The molecule has 2 aliphatic heterocycles. The number of β-amino-alcohol motifs (C(OH)–C–C–N with tert-alkyl or cyclic N) is 1. The number of hydrogen-bond donors (Lipinski definition) is 7. The first-order chi connectivity index (χ1) is 22.7. The third-order valence-corrected chi connectivity index (χ3v) is 8.86. The van der Waals surface area contributed by atoms with Crippen molar-refractivity contribution in [3.05, 3.63) is 40.6 Å². The molecule has 7 N–H and O–H groups in total. The summed E-state index contributed by atoms with van der Waals surface area (Å²) in [6.07, 6.45) is -6.65. The molecule has 0 unspecified atom stereocenters. The Kier molecular flexibility index (Phi) is 12.8. The molecule has 0 spiro atoms. The van der Waals surface area contributed by atoms with E-state index >= 15 is 0 Å². The van der Waals surface area contributed by atoms with Gasteiger partial charge in [0.05, 0.1) is 26.2 Å². The Hall–Kier alpha value is -3.31. The van der Waals surface area contributed by atoms with Gasteiger partial charge in [-0.3, -0.25) is 19.6 Å². The van der Waals surface area contributed by atoms with Crippen LogP contribution in [-0.2, 0) is 20.7 Å². The summed E-state index contributed by atoms with van der Waals surface area (Å²) in [5.41, 5.74) is 2.32. The fourth-order valence-electron chi connectivity index (χ4n) is 5.97. The van der Waals surface area contributed by atoms with Gasteiger partial charge in [-0.15, -0.1) is 5.10 Å². The SMILES string of the molecule is Cc1cc(OCCC(=O)NC(C)(C)C(=O)N2CCN(CCO)CC2)ccc1Cc1c(O[C@@H]2O[C@H](CO)[C@@H](O)[C@H](O)[C@H]2O)n[nH]c1C(C)C. The monoisotopic (exact) mass is 677 g/mol. The molecular formula is C33H51N5O10. The molecule has 48 heavy (non-hydrogen) atoms. The van der Waals surface area contributed by atoms with E-state index in [9.17, 15) is 30.0 Å². The summed E-state index contributed by atoms with van der Waals surface area (Å²) in [7, 11) is 0. The van der Waals surface area contributed by atoms with Gasteiger partial charge in [-0.05, 0) is 49.9 Å². The molecule has 1 aromatic carbocycles. The van der Waals surface area contributed by atoms with Crippen molar-refractivity contribution in [3.8, 4) is 11.6 Å². The molecule has 0 bridgehead atoms. The highest BCUT2D eigenvalue weighted by Gasteiger charge is 2.45. The molecule has 2 fully saturated rings. The van der Waals surface area contributed by atoms with Crippen LogP contribution in [0.2, 0.25) is 0 Å².